The normalized spacial score (nSPS) is 13.3. The number of hydrogen-bond acceptors (Lipinski definition) is 5. The van der Waals surface area contributed by atoms with Crippen molar-refractivity contribution in [3.63, 3.8) is 0 Å². The van der Waals surface area contributed by atoms with E-state index in [0.29, 0.717) is 16.3 Å². The van der Waals surface area contributed by atoms with Crippen molar-refractivity contribution < 1.29 is 14.6 Å². The summed E-state index contributed by atoms with van der Waals surface area (Å²) in [5, 5.41) is 22.0. The van der Waals surface area contributed by atoms with E-state index >= 15 is 0 Å². The zero-order valence-corrected chi connectivity index (χ0v) is 10.8. The maximum absolute atomic E-state index is 11.3. The molecule has 0 spiro atoms. The Morgan fingerprint density at radius 3 is 2.89 bits per heavy atom. The van der Waals surface area contributed by atoms with Crippen molar-refractivity contribution in [3.05, 3.63) is 28.8 Å². The van der Waals surface area contributed by atoms with Gasteiger partial charge in [0.1, 0.15) is 6.07 Å². The number of ether oxygens (including phenoxy) is 1. The molecule has 0 radical (unpaired) electrons. The standard InChI is InChI=1S/C12H13ClN2O3/c1-12(17,11(16)18-2)7-15-10-5-9(13)4-3-8(10)6-14/h3-5,15,17H,7H2,1-2H3. The lowest BCUT2D eigenvalue weighted by molar-refractivity contribution is -0.158. The van der Waals surface area contributed by atoms with Crippen LogP contribution in [0.5, 0.6) is 0 Å². The van der Waals surface area contributed by atoms with Crippen molar-refractivity contribution in [2.45, 2.75) is 12.5 Å². The number of nitrogens with zero attached hydrogens (tertiary/aromatic N) is 1. The van der Waals surface area contributed by atoms with E-state index in [2.05, 4.69) is 10.1 Å². The maximum Gasteiger partial charge on any atom is 0.339 e. The van der Waals surface area contributed by atoms with E-state index in [1.165, 1.54) is 14.0 Å². The fraction of sp³-hybridized carbons (Fsp3) is 0.333. The van der Waals surface area contributed by atoms with Crippen molar-refractivity contribution in [2.75, 3.05) is 19.0 Å². The first kappa shape index (κ1) is 14.3. The van der Waals surface area contributed by atoms with E-state index in [4.69, 9.17) is 16.9 Å². The van der Waals surface area contributed by atoms with Gasteiger partial charge in [-0.05, 0) is 25.1 Å². The second kappa shape index (κ2) is 5.71. The highest BCUT2D eigenvalue weighted by atomic mass is 35.5. The van der Waals surface area contributed by atoms with Crippen LogP contribution in [0.3, 0.4) is 0 Å². The Bertz CT molecular complexity index is 495. The molecule has 0 aliphatic heterocycles. The Hall–Kier alpha value is -1.77. The van der Waals surface area contributed by atoms with Gasteiger partial charge < -0.3 is 15.2 Å². The third-order valence-corrected chi connectivity index (χ3v) is 2.59. The van der Waals surface area contributed by atoms with Gasteiger partial charge in [-0.25, -0.2) is 4.79 Å². The first-order valence-electron chi connectivity index (χ1n) is 5.15. The molecule has 0 aliphatic carbocycles. The molecule has 6 heteroatoms. The molecule has 96 valence electrons. The molecule has 1 aromatic rings. The fourth-order valence-corrected chi connectivity index (χ4v) is 1.49. The van der Waals surface area contributed by atoms with Gasteiger partial charge in [-0.2, -0.15) is 5.26 Å². The molecule has 0 aromatic heterocycles. The van der Waals surface area contributed by atoms with Gasteiger partial charge in [0.2, 0.25) is 0 Å². The van der Waals surface area contributed by atoms with Crippen LogP contribution in [0.2, 0.25) is 5.02 Å². The lowest BCUT2D eigenvalue weighted by Gasteiger charge is -2.21. The predicted octanol–water partition coefficient (Wildman–Crippen LogP) is 1.55. The van der Waals surface area contributed by atoms with E-state index in [1.54, 1.807) is 18.2 Å². The molecular weight excluding hydrogens is 256 g/mol. The summed E-state index contributed by atoms with van der Waals surface area (Å²) in [6.45, 7) is 1.23. The Kier molecular flexibility index (Phi) is 4.54. The van der Waals surface area contributed by atoms with Crippen LogP contribution in [0.1, 0.15) is 12.5 Å². The van der Waals surface area contributed by atoms with Crippen LogP contribution in [0.15, 0.2) is 18.2 Å². The molecule has 0 aliphatic rings. The Morgan fingerprint density at radius 1 is 1.67 bits per heavy atom. The largest absolute Gasteiger partial charge is 0.467 e. The van der Waals surface area contributed by atoms with Crippen molar-refractivity contribution in [1.82, 2.24) is 0 Å². The second-order valence-corrected chi connectivity index (χ2v) is 4.36. The Morgan fingerprint density at radius 2 is 2.33 bits per heavy atom. The monoisotopic (exact) mass is 268 g/mol. The smallest absolute Gasteiger partial charge is 0.339 e. The summed E-state index contributed by atoms with van der Waals surface area (Å²) in [5.74, 6) is -0.754. The third kappa shape index (κ3) is 3.36. The molecule has 1 unspecified atom stereocenters. The molecule has 0 fully saturated rings. The van der Waals surface area contributed by atoms with E-state index in [0.717, 1.165) is 0 Å². The SMILES string of the molecule is COC(=O)C(C)(O)CNc1cc(Cl)ccc1C#N. The summed E-state index contributed by atoms with van der Waals surface area (Å²) >= 11 is 5.81. The van der Waals surface area contributed by atoms with E-state index < -0.39 is 11.6 Å². The summed E-state index contributed by atoms with van der Waals surface area (Å²) in [6.07, 6.45) is 0. The zero-order chi connectivity index (χ0) is 13.8. The molecule has 0 amide bonds. The second-order valence-electron chi connectivity index (χ2n) is 3.92. The van der Waals surface area contributed by atoms with Crippen LogP contribution < -0.4 is 5.32 Å². The average molecular weight is 269 g/mol. The van der Waals surface area contributed by atoms with Gasteiger partial charge in [0, 0.05) is 5.02 Å². The number of rotatable bonds is 4. The highest BCUT2D eigenvalue weighted by molar-refractivity contribution is 6.30. The first-order chi connectivity index (χ1) is 8.40. The number of hydrogen-bond donors (Lipinski definition) is 2. The summed E-state index contributed by atoms with van der Waals surface area (Å²) in [6, 6.07) is 6.67. The van der Waals surface area contributed by atoms with Crippen LogP contribution in [-0.2, 0) is 9.53 Å². The van der Waals surface area contributed by atoms with Gasteiger partial charge in [-0.15, -0.1) is 0 Å². The highest BCUT2D eigenvalue weighted by Gasteiger charge is 2.31. The molecule has 1 atom stereocenters. The third-order valence-electron chi connectivity index (χ3n) is 2.35. The van der Waals surface area contributed by atoms with Crippen LogP contribution >= 0.6 is 11.6 Å². The zero-order valence-electron chi connectivity index (χ0n) is 10.0. The van der Waals surface area contributed by atoms with Crippen molar-refractivity contribution in [1.29, 1.82) is 5.26 Å². The van der Waals surface area contributed by atoms with E-state index in [-0.39, 0.29) is 6.54 Å². The molecule has 1 rings (SSSR count). The van der Waals surface area contributed by atoms with Gasteiger partial charge in [0.25, 0.3) is 0 Å². The molecule has 5 nitrogen and oxygen atoms in total. The fourth-order valence-electron chi connectivity index (χ4n) is 1.32. The van der Waals surface area contributed by atoms with Crippen molar-refractivity contribution >= 4 is 23.3 Å². The molecule has 2 N–H and O–H groups in total. The number of methoxy groups -OCH3 is 1. The minimum absolute atomic E-state index is 0.0886. The molecule has 18 heavy (non-hydrogen) atoms. The molecule has 0 bridgehead atoms. The van der Waals surface area contributed by atoms with Gasteiger partial charge in [0.15, 0.2) is 5.60 Å². The summed E-state index contributed by atoms with van der Waals surface area (Å²) in [4.78, 5) is 11.3. The van der Waals surface area contributed by atoms with Crippen molar-refractivity contribution in [3.8, 4) is 6.07 Å². The first-order valence-corrected chi connectivity index (χ1v) is 5.53. The van der Waals surface area contributed by atoms with Crippen LogP contribution in [0.4, 0.5) is 5.69 Å². The molecular formula is C12H13ClN2O3. The van der Waals surface area contributed by atoms with E-state index in [1.807, 2.05) is 6.07 Å². The van der Waals surface area contributed by atoms with Gasteiger partial charge in [-0.1, -0.05) is 11.6 Å². The summed E-state index contributed by atoms with van der Waals surface area (Å²) < 4.78 is 4.46. The quantitative estimate of drug-likeness (QED) is 0.810. The number of nitrogens with one attached hydrogen (secondary N) is 1. The number of nitriles is 1. The van der Waals surface area contributed by atoms with Gasteiger partial charge in [-0.3, -0.25) is 0 Å². The maximum atomic E-state index is 11.3. The number of esters is 1. The number of benzene rings is 1. The van der Waals surface area contributed by atoms with Crippen LogP contribution in [0, 0.1) is 11.3 Å². The van der Waals surface area contributed by atoms with Crippen molar-refractivity contribution in [2.24, 2.45) is 0 Å². The lowest BCUT2D eigenvalue weighted by atomic mass is 10.1. The van der Waals surface area contributed by atoms with Crippen LogP contribution in [0.25, 0.3) is 0 Å². The predicted molar refractivity (Wildman–Crippen MR) is 67.3 cm³/mol. The van der Waals surface area contributed by atoms with Crippen LogP contribution in [-0.4, -0.2) is 30.3 Å². The minimum Gasteiger partial charge on any atom is -0.467 e. The summed E-state index contributed by atoms with van der Waals surface area (Å²) in [7, 11) is 1.19. The van der Waals surface area contributed by atoms with Gasteiger partial charge >= 0.3 is 5.97 Å². The molecule has 0 heterocycles. The van der Waals surface area contributed by atoms with Gasteiger partial charge in [0.05, 0.1) is 24.9 Å². The highest BCUT2D eigenvalue weighted by Crippen LogP contribution is 2.21. The van der Waals surface area contributed by atoms with E-state index in [9.17, 15) is 9.90 Å². The minimum atomic E-state index is -1.68. The number of aliphatic hydroxyl groups is 1. The number of halogens is 1. The topological polar surface area (TPSA) is 82.3 Å². The number of carbonyl (C=O) groups excluding carboxylic acids is 1. The molecule has 0 saturated heterocycles. The lowest BCUT2D eigenvalue weighted by Crippen LogP contribution is -2.42. The molecule has 0 saturated carbocycles. The number of carbonyl (C=O) groups is 1. The Labute approximate surface area is 110 Å². The Balaban J connectivity index is 2.84. The summed E-state index contributed by atoms with van der Waals surface area (Å²) in [5.41, 5.74) is -0.849. The average Bonchev–Trinajstić information content (AvgIpc) is 2.35. The molecule has 1 aromatic carbocycles. The number of anilines is 1.